The van der Waals surface area contributed by atoms with Crippen LogP contribution in [0.5, 0.6) is 0 Å². The summed E-state index contributed by atoms with van der Waals surface area (Å²) in [5, 5.41) is 0. The maximum Gasteiger partial charge on any atom is 0.356 e. The molecule has 0 amide bonds. The number of hydrogen-bond acceptors (Lipinski definition) is 3. The molecule has 3 rings (SSSR count). The molecule has 1 heterocycles. The summed E-state index contributed by atoms with van der Waals surface area (Å²) >= 11 is 0. The fraction of sp³-hybridized carbons (Fsp3) is 0.294. The molecule has 108 valence electrons. The van der Waals surface area contributed by atoms with Gasteiger partial charge in [0.15, 0.2) is 0 Å². The molecule has 4 heteroatoms. The van der Waals surface area contributed by atoms with E-state index in [4.69, 9.17) is 4.74 Å². The quantitative estimate of drug-likeness (QED) is 0.792. The van der Waals surface area contributed by atoms with Crippen molar-refractivity contribution >= 4 is 5.97 Å². The van der Waals surface area contributed by atoms with Crippen LogP contribution in [0.15, 0.2) is 30.3 Å². The fourth-order valence-electron chi connectivity index (χ4n) is 2.80. The van der Waals surface area contributed by atoms with Crippen molar-refractivity contribution in [2.75, 3.05) is 7.11 Å². The number of hydrogen-bond donors (Lipinski definition) is 0. The molecule has 0 radical (unpaired) electrons. The Kier molecular flexibility index (Phi) is 3.69. The lowest BCUT2D eigenvalue weighted by molar-refractivity contribution is 0.0593. The highest BCUT2D eigenvalue weighted by molar-refractivity contribution is 5.89. The van der Waals surface area contributed by atoms with Gasteiger partial charge in [0, 0.05) is 5.69 Å². The van der Waals surface area contributed by atoms with Crippen LogP contribution in [0.1, 0.15) is 34.6 Å². The van der Waals surface area contributed by atoms with Gasteiger partial charge in [-0.05, 0) is 60.6 Å². The van der Waals surface area contributed by atoms with Crippen molar-refractivity contribution < 1.29 is 13.9 Å². The van der Waals surface area contributed by atoms with Crippen molar-refractivity contribution in [3.8, 4) is 11.1 Å². The van der Waals surface area contributed by atoms with Crippen molar-refractivity contribution in [2.24, 2.45) is 0 Å². The molecule has 1 aliphatic rings. The second-order valence-electron chi connectivity index (χ2n) is 5.19. The van der Waals surface area contributed by atoms with Gasteiger partial charge in [0.2, 0.25) is 0 Å². The van der Waals surface area contributed by atoms with Crippen LogP contribution in [0.2, 0.25) is 0 Å². The standard InChI is InChI=1S/C17H16FNO2/c1-21-17(20)16-10-14(11-6-8-12(18)9-7-11)13-4-2-3-5-15(13)19-16/h6-10H,2-5H2,1H3. The van der Waals surface area contributed by atoms with Crippen LogP contribution in [0.25, 0.3) is 11.1 Å². The number of rotatable bonds is 2. The summed E-state index contributed by atoms with van der Waals surface area (Å²) in [6, 6.07) is 8.09. The Hall–Kier alpha value is -2.23. The zero-order valence-electron chi connectivity index (χ0n) is 11.9. The average Bonchev–Trinajstić information content (AvgIpc) is 2.54. The number of methoxy groups -OCH3 is 1. The van der Waals surface area contributed by atoms with Crippen LogP contribution < -0.4 is 0 Å². The van der Waals surface area contributed by atoms with Crippen LogP contribution in [0.3, 0.4) is 0 Å². The number of aromatic nitrogens is 1. The van der Waals surface area contributed by atoms with Gasteiger partial charge in [0.25, 0.3) is 0 Å². The van der Waals surface area contributed by atoms with Gasteiger partial charge < -0.3 is 4.74 Å². The summed E-state index contributed by atoms with van der Waals surface area (Å²) in [6.45, 7) is 0. The van der Waals surface area contributed by atoms with Crippen molar-refractivity contribution in [1.82, 2.24) is 4.98 Å². The van der Waals surface area contributed by atoms with Crippen molar-refractivity contribution in [3.63, 3.8) is 0 Å². The molecule has 2 aromatic rings. The average molecular weight is 285 g/mol. The summed E-state index contributed by atoms with van der Waals surface area (Å²) in [6.07, 6.45) is 4.00. The van der Waals surface area contributed by atoms with Gasteiger partial charge >= 0.3 is 5.97 Å². The minimum atomic E-state index is -0.438. The molecule has 0 N–H and O–H groups in total. The van der Waals surface area contributed by atoms with E-state index < -0.39 is 5.97 Å². The molecule has 0 spiro atoms. The minimum absolute atomic E-state index is 0.269. The number of fused-ring (bicyclic) bond motifs is 1. The third-order valence-electron chi connectivity index (χ3n) is 3.85. The van der Waals surface area contributed by atoms with E-state index in [2.05, 4.69) is 4.98 Å². The van der Waals surface area contributed by atoms with Gasteiger partial charge in [-0.1, -0.05) is 12.1 Å². The Morgan fingerprint density at radius 3 is 2.62 bits per heavy atom. The first-order valence-corrected chi connectivity index (χ1v) is 7.06. The number of pyridine rings is 1. The molecule has 1 aromatic carbocycles. The zero-order chi connectivity index (χ0) is 14.8. The summed E-state index contributed by atoms with van der Waals surface area (Å²) in [4.78, 5) is 16.2. The van der Waals surface area contributed by atoms with Crippen molar-refractivity contribution in [3.05, 3.63) is 53.1 Å². The molecule has 0 saturated heterocycles. The molecule has 0 fully saturated rings. The van der Waals surface area contributed by atoms with Crippen LogP contribution in [-0.4, -0.2) is 18.1 Å². The normalized spacial score (nSPS) is 13.6. The highest BCUT2D eigenvalue weighted by Crippen LogP contribution is 2.31. The maximum absolute atomic E-state index is 13.1. The number of benzene rings is 1. The Labute approximate surface area is 122 Å². The molecule has 0 unspecified atom stereocenters. The number of carbonyl (C=O) groups excluding carboxylic acids is 1. The van der Waals surface area contributed by atoms with E-state index in [1.54, 1.807) is 18.2 Å². The molecule has 0 aliphatic heterocycles. The van der Waals surface area contributed by atoms with E-state index in [-0.39, 0.29) is 5.82 Å². The van der Waals surface area contributed by atoms with Crippen LogP contribution >= 0.6 is 0 Å². The minimum Gasteiger partial charge on any atom is -0.464 e. The highest BCUT2D eigenvalue weighted by atomic mass is 19.1. The summed E-state index contributed by atoms with van der Waals surface area (Å²) in [5.74, 6) is -0.707. The molecule has 21 heavy (non-hydrogen) atoms. The Morgan fingerprint density at radius 1 is 1.19 bits per heavy atom. The third-order valence-corrected chi connectivity index (χ3v) is 3.85. The fourth-order valence-corrected chi connectivity index (χ4v) is 2.80. The van der Waals surface area contributed by atoms with Gasteiger partial charge in [-0.3, -0.25) is 0 Å². The molecule has 3 nitrogen and oxygen atoms in total. The van der Waals surface area contributed by atoms with E-state index in [1.165, 1.54) is 24.8 Å². The molecule has 0 saturated carbocycles. The highest BCUT2D eigenvalue weighted by Gasteiger charge is 2.20. The summed E-state index contributed by atoms with van der Waals surface area (Å²) in [5.41, 5.74) is 4.31. The van der Waals surface area contributed by atoms with E-state index >= 15 is 0 Å². The molecule has 1 aliphatic carbocycles. The summed E-state index contributed by atoms with van der Waals surface area (Å²) < 4.78 is 17.9. The number of aryl methyl sites for hydroxylation is 1. The van der Waals surface area contributed by atoms with E-state index in [9.17, 15) is 9.18 Å². The number of carbonyl (C=O) groups is 1. The molecule has 1 aromatic heterocycles. The largest absolute Gasteiger partial charge is 0.464 e. The summed E-state index contributed by atoms with van der Waals surface area (Å²) in [7, 11) is 1.35. The SMILES string of the molecule is COC(=O)c1cc(-c2ccc(F)cc2)c2c(n1)CCCC2. The Morgan fingerprint density at radius 2 is 1.90 bits per heavy atom. The molecular formula is C17H16FNO2. The third kappa shape index (κ3) is 2.66. The van der Waals surface area contributed by atoms with Crippen LogP contribution in [-0.2, 0) is 17.6 Å². The molecular weight excluding hydrogens is 269 g/mol. The van der Waals surface area contributed by atoms with Crippen molar-refractivity contribution in [1.29, 1.82) is 0 Å². The second kappa shape index (κ2) is 5.64. The van der Waals surface area contributed by atoms with Gasteiger partial charge in [-0.15, -0.1) is 0 Å². The Balaban J connectivity index is 2.16. The first-order chi connectivity index (χ1) is 10.2. The lowest BCUT2D eigenvalue weighted by Gasteiger charge is -2.19. The van der Waals surface area contributed by atoms with Gasteiger partial charge in [0.1, 0.15) is 11.5 Å². The number of halogens is 1. The van der Waals surface area contributed by atoms with Crippen molar-refractivity contribution in [2.45, 2.75) is 25.7 Å². The topological polar surface area (TPSA) is 39.2 Å². The first-order valence-electron chi connectivity index (χ1n) is 7.06. The van der Waals surface area contributed by atoms with Crippen LogP contribution in [0.4, 0.5) is 4.39 Å². The van der Waals surface area contributed by atoms with Gasteiger partial charge in [0.05, 0.1) is 7.11 Å². The van der Waals surface area contributed by atoms with Crippen LogP contribution in [0, 0.1) is 5.82 Å². The maximum atomic E-state index is 13.1. The van der Waals surface area contributed by atoms with E-state index in [0.29, 0.717) is 5.69 Å². The Bertz CT molecular complexity index is 680. The molecule has 0 atom stereocenters. The molecule has 0 bridgehead atoms. The number of esters is 1. The van der Waals surface area contributed by atoms with E-state index in [0.717, 1.165) is 42.5 Å². The second-order valence-corrected chi connectivity index (χ2v) is 5.19. The van der Waals surface area contributed by atoms with E-state index in [1.807, 2.05) is 0 Å². The smallest absolute Gasteiger partial charge is 0.356 e. The first kappa shape index (κ1) is 13.7. The predicted molar refractivity (Wildman–Crippen MR) is 77.6 cm³/mol. The number of nitrogens with zero attached hydrogens (tertiary/aromatic N) is 1. The predicted octanol–water partition coefficient (Wildman–Crippen LogP) is 3.55. The monoisotopic (exact) mass is 285 g/mol. The lowest BCUT2D eigenvalue weighted by Crippen LogP contribution is -2.13. The zero-order valence-corrected chi connectivity index (χ0v) is 11.9. The van der Waals surface area contributed by atoms with Gasteiger partial charge in [-0.2, -0.15) is 0 Å². The lowest BCUT2D eigenvalue weighted by atomic mass is 9.88. The number of ether oxygens (including phenoxy) is 1. The van der Waals surface area contributed by atoms with Gasteiger partial charge in [-0.25, -0.2) is 14.2 Å².